The van der Waals surface area contributed by atoms with E-state index in [9.17, 15) is 4.79 Å². The molecule has 0 aromatic heterocycles. The molecule has 0 saturated carbocycles. The molecule has 0 aromatic carbocycles. The summed E-state index contributed by atoms with van der Waals surface area (Å²) >= 11 is 0. The van der Waals surface area contributed by atoms with Crippen LogP contribution in [0.15, 0.2) is 36.5 Å². The van der Waals surface area contributed by atoms with E-state index in [2.05, 4.69) is 26.5 Å². The van der Waals surface area contributed by atoms with Gasteiger partial charge in [-0.15, -0.1) is 6.58 Å². The Morgan fingerprint density at radius 3 is 2.87 bits per heavy atom. The van der Waals surface area contributed by atoms with Gasteiger partial charge < -0.3 is 0 Å². The third-order valence-corrected chi connectivity index (χ3v) is 2.76. The lowest BCUT2D eigenvalue weighted by atomic mass is 9.80. The van der Waals surface area contributed by atoms with Crippen molar-refractivity contribution >= 4 is 5.78 Å². The number of hydrogen-bond acceptors (Lipinski definition) is 1. The molecular formula is C14H20O. The summed E-state index contributed by atoms with van der Waals surface area (Å²) in [6, 6.07) is 0. The number of carbonyl (C=O) groups is 1. The summed E-state index contributed by atoms with van der Waals surface area (Å²) in [4.78, 5) is 11.9. The predicted molar refractivity (Wildman–Crippen MR) is 64.6 cm³/mol. The van der Waals surface area contributed by atoms with E-state index in [1.807, 2.05) is 25.2 Å². The third kappa shape index (κ3) is 3.50. The zero-order chi connectivity index (χ0) is 11.5. The molecule has 0 radical (unpaired) electrons. The van der Waals surface area contributed by atoms with Gasteiger partial charge in [-0.3, -0.25) is 4.79 Å². The Morgan fingerprint density at radius 2 is 2.33 bits per heavy atom. The smallest absolute Gasteiger partial charge is 0.159 e. The van der Waals surface area contributed by atoms with Crippen LogP contribution < -0.4 is 0 Å². The minimum atomic E-state index is 0.122. The van der Waals surface area contributed by atoms with Gasteiger partial charge in [-0.1, -0.05) is 45.1 Å². The van der Waals surface area contributed by atoms with Crippen LogP contribution in [0.3, 0.4) is 0 Å². The second-order valence-electron chi connectivity index (χ2n) is 5.06. The van der Waals surface area contributed by atoms with Crippen molar-refractivity contribution in [2.75, 3.05) is 0 Å². The first-order valence-corrected chi connectivity index (χ1v) is 5.49. The molecular weight excluding hydrogens is 184 g/mol. The zero-order valence-electron chi connectivity index (χ0n) is 9.92. The highest BCUT2D eigenvalue weighted by atomic mass is 16.1. The van der Waals surface area contributed by atoms with Crippen LogP contribution in [0.25, 0.3) is 0 Å². The Balaban J connectivity index is 2.65. The molecule has 1 atom stereocenters. The maximum Gasteiger partial charge on any atom is 0.159 e. The highest BCUT2D eigenvalue weighted by molar-refractivity contribution is 5.96. The van der Waals surface area contributed by atoms with E-state index in [-0.39, 0.29) is 17.1 Å². The summed E-state index contributed by atoms with van der Waals surface area (Å²) in [5.74, 6) is 0.534. The van der Waals surface area contributed by atoms with Gasteiger partial charge in [0.2, 0.25) is 0 Å². The van der Waals surface area contributed by atoms with Crippen molar-refractivity contribution in [3.05, 3.63) is 36.5 Å². The van der Waals surface area contributed by atoms with E-state index in [0.29, 0.717) is 6.42 Å². The fourth-order valence-corrected chi connectivity index (χ4v) is 1.73. The molecule has 0 amide bonds. The molecule has 1 aliphatic rings. The van der Waals surface area contributed by atoms with Gasteiger partial charge in [-0.25, -0.2) is 0 Å². The van der Waals surface area contributed by atoms with Gasteiger partial charge in [0.1, 0.15) is 0 Å². The molecule has 0 aliphatic heterocycles. The fraction of sp³-hybridized carbons (Fsp3) is 0.500. The van der Waals surface area contributed by atoms with Crippen molar-refractivity contribution < 1.29 is 4.79 Å². The van der Waals surface area contributed by atoms with Gasteiger partial charge in [0.25, 0.3) is 0 Å². The third-order valence-electron chi connectivity index (χ3n) is 2.76. The van der Waals surface area contributed by atoms with Crippen LogP contribution in [0.1, 0.15) is 33.6 Å². The summed E-state index contributed by atoms with van der Waals surface area (Å²) in [6.45, 7) is 10.0. The average Bonchev–Trinajstić information content (AvgIpc) is 2.16. The Morgan fingerprint density at radius 1 is 1.67 bits per heavy atom. The predicted octanol–water partition coefficient (Wildman–Crippen LogP) is 3.68. The van der Waals surface area contributed by atoms with Gasteiger partial charge in [0.15, 0.2) is 5.78 Å². The number of Topliss-reactive ketones (excluding diaryl/α,β-unsaturated/α-hetero) is 1. The number of carbonyl (C=O) groups excluding carboxylic acids is 1. The lowest BCUT2D eigenvalue weighted by molar-refractivity contribution is -0.116. The van der Waals surface area contributed by atoms with Crippen molar-refractivity contribution in [1.29, 1.82) is 0 Å². The summed E-state index contributed by atoms with van der Waals surface area (Å²) in [7, 11) is 0. The minimum Gasteiger partial charge on any atom is -0.295 e. The van der Waals surface area contributed by atoms with E-state index in [1.165, 1.54) is 0 Å². The first-order chi connectivity index (χ1) is 6.94. The summed E-state index contributed by atoms with van der Waals surface area (Å²) < 4.78 is 0. The molecule has 0 aromatic rings. The number of rotatable bonds is 4. The maximum atomic E-state index is 11.9. The van der Waals surface area contributed by atoms with E-state index in [4.69, 9.17) is 0 Å². The lowest BCUT2D eigenvalue weighted by Crippen LogP contribution is -2.17. The molecule has 0 spiro atoms. The van der Waals surface area contributed by atoms with E-state index in [0.717, 1.165) is 12.0 Å². The van der Waals surface area contributed by atoms with Gasteiger partial charge in [-0.2, -0.15) is 0 Å². The molecule has 1 nitrogen and oxygen atoms in total. The standard InChI is InChI=1S/C14H20O/c1-5-11(2)9-13(15)12-7-6-8-14(3,4)10-12/h5-8,11H,1,9-10H2,2-4H3. The highest BCUT2D eigenvalue weighted by Gasteiger charge is 2.22. The first kappa shape index (κ1) is 12.0. The monoisotopic (exact) mass is 204 g/mol. The maximum absolute atomic E-state index is 11.9. The van der Waals surface area contributed by atoms with Crippen molar-refractivity contribution in [3.63, 3.8) is 0 Å². The lowest BCUT2D eigenvalue weighted by Gasteiger charge is -2.24. The summed E-state index contributed by atoms with van der Waals surface area (Å²) in [5, 5.41) is 0. The average molecular weight is 204 g/mol. The molecule has 0 saturated heterocycles. The molecule has 1 unspecified atom stereocenters. The van der Waals surface area contributed by atoms with Crippen LogP contribution >= 0.6 is 0 Å². The number of allylic oxidation sites excluding steroid dienone is 5. The van der Waals surface area contributed by atoms with Gasteiger partial charge >= 0.3 is 0 Å². The normalized spacial score (nSPS) is 20.6. The van der Waals surface area contributed by atoms with E-state index in [1.54, 1.807) is 0 Å². The molecule has 82 valence electrons. The van der Waals surface area contributed by atoms with Crippen LogP contribution in [0.5, 0.6) is 0 Å². The molecule has 15 heavy (non-hydrogen) atoms. The molecule has 0 N–H and O–H groups in total. The zero-order valence-corrected chi connectivity index (χ0v) is 9.92. The molecule has 0 bridgehead atoms. The van der Waals surface area contributed by atoms with E-state index >= 15 is 0 Å². The largest absolute Gasteiger partial charge is 0.295 e. The van der Waals surface area contributed by atoms with Crippen molar-refractivity contribution in [2.24, 2.45) is 11.3 Å². The van der Waals surface area contributed by atoms with Gasteiger partial charge in [0.05, 0.1) is 0 Å². The summed E-state index contributed by atoms with van der Waals surface area (Å²) in [5.41, 5.74) is 1.08. The second kappa shape index (κ2) is 4.61. The van der Waals surface area contributed by atoms with E-state index < -0.39 is 0 Å². The van der Waals surface area contributed by atoms with Crippen molar-refractivity contribution in [2.45, 2.75) is 33.6 Å². The van der Waals surface area contributed by atoms with Crippen LogP contribution in [-0.4, -0.2) is 5.78 Å². The van der Waals surface area contributed by atoms with Crippen molar-refractivity contribution in [1.82, 2.24) is 0 Å². The fourth-order valence-electron chi connectivity index (χ4n) is 1.73. The Bertz CT molecular complexity index is 318. The van der Waals surface area contributed by atoms with Crippen molar-refractivity contribution in [3.8, 4) is 0 Å². The summed E-state index contributed by atoms with van der Waals surface area (Å²) in [6.07, 6.45) is 9.37. The van der Waals surface area contributed by atoms with Gasteiger partial charge in [-0.05, 0) is 23.3 Å². The molecule has 1 heteroatoms. The Kier molecular flexibility index (Phi) is 3.67. The quantitative estimate of drug-likeness (QED) is 0.638. The topological polar surface area (TPSA) is 17.1 Å². The number of ketones is 1. The first-order valence-electron chi connectivity index (χ1n) is 5.49. The second-order valence-corrected chi connectivity index (χ2v) is 5.06. The number of hydrogen-bond donors (Lipinski definition) is 0. The van der Waals surface area contributed by atoms with Gasteiger partial charge in [0, 0.05) is 6.42 Å². The van der Waals surface area contributed by atoms with Crippen LogP contribution in [0.2, 0.25) is 0 Å². The minimum absolute atomic E-state index is 0.122. The SMILES string of the molecule is C=CC(C)CC(=O)C1=CC=CC(C)(C)C1. The molecule has 1 aliphatic carbocycles. The molecule has 0 heterocycles. The molecule has 1 rings (SSSR count). The van der Waals surface area contributed by atoms with Crippen LogP contribution in [0, 0.1) is 11.3 Å². The van der Waals surface area contributed by atoms with Crippen LogP contribution in [-0.2, 0) is 4.79 Å². The highest BCUT2D eigenvalue weighted by Crippen LogP contribution is 2.31. The molecule has 0 fully saturated rings. The van der Waals surface area contributed by atoms with Crippen LogP contribution in [0.4, 0.5) is 0 Å². The Labute approximate surface area is 92.6 Å². The Hall–Kier alpha value is -1.11.